The molecule has 0 spiro atoms. The second kappa shape index (κ2) is 6.70. The Morgan fingerprint density at radius 1 is 1.12 bits per heavy atom. The van der Waals surface area contributed by atoms with Crippen molar-refractivity contribution in [1.82, 2.24) is 19.5 Å². The molecule has 0 saturated carbocycles. The highest BCUT2D eigenvalue weighted by molar-refractivity contribution is 5.76. The van der Waals surface area contributed by atoms with Crippen LogP contribution in [0.15, 0.2) is 59.5 Å². The number of hydrogen-bond donors (Lipinski definition) is 1. The number of hydrogen-bond acceptors (Lipinski definition) is 3. The van der Waals surface area contributed by atoms with Crippen molar-refractivity contribution in [3.8, 4) is 0 Å². The van der Waals surface area contributed by atoms with Crippen molar-refractivity contribution < 1.29 is 4.79 Å². The molecule has 3 rings (SSSR count). The maximum Gasteiger partial charge on any atom is 0.350 e. The van der Waals surface area contributed by atoms with Gasteiger partial charge in [-0.3, -0.25) is 9.20 Å². The summed E-state index contributed by atoms with van der Waals surface area (Å²) < 4.78 is 2.61. The van der Waals surface area contributed by atoms with Gasteiger partial charge in [-0.25, -0.2) is 9.48 Å². The lowest BCUT2D eigenvalue weighted by atomic mass is 9.96. The van der Waals surface area contributed by atoms with Crippen molar-refractivity contribution in [1.29, 1.82) is 0 Å². The summed E-state index contributed by atoms with van der Waals surface area (Å²) in [5, 5.41) is 7.19. The molecule has 124 valence electrons. The lowest BCUT2D eigenvalue weighted by Crippen LogP contribution is -2.36. The van der Waals surface area contributed by atoms with E-state index in [1.54, 1.807) is 24.4 Å². The summed E-state index contributed by atoms with van der Waals surface area (Å²) in [5.74, 6) is -0.00259. The van der Waals surface area contributed by atoms with Crippen LogP contribution in [0.2, 0.25) is 0 Å². The molecule has 0 aliphatic rings. The summed E-state index contributed by atoms with van der Waals surface area (Å²) in [7, 11) is 0. The van der Waals surface area contributed by atoms with Crippen molar-refractivity contribution in [2.24, 2.45) is 5.92 Å². The van der Waals surface area contributed by atoms with Crippen LogP contribution in [0.1, 0.15) is 25.5 Å². The van der Waals surface area contributed by atoms with Crippen LogP contribution in [0.4, 0.5) is 0 Å². The van der Waals surface area contributed by atoms with Gasteiger partial charge in [0, 0.05) is 6.20 Å². The molecular formula is C18H20N4O2. The maximum atomic E-state index is 12.4. The molecule has 1 atom stereocenters. The fraction of sp³-hybridized carbons (Fsp3) is 0.278. The number of nitrogens with one attached hydrogen (secondary N) is 1. The highest BCUT2D eigenvalue weighted by Crippen LogP contribution is 2.21. The average Bonchev–Trinajstić information content (AvgIpc) is 2.89. The van der Waals surface area contributed by atoms with E-state index in [0.717, 1.165) is 5.56 Å². The molecule has 6 nitrogen and oxygen atoms in total. The number of carbonyl (C=O) groups is 1. The molecule has 1 amide bonds. The number of nitrogens with zero attached hydrogens (tertiary/aromatic N) is 3. The Labute approximate surface area is 139 Å². The molecule has 2 aromatic heterocycles. The molecule has 0 bridgehead atoms. The smallest absolute Gasteiger partial charge is 0.347 e. The molecule has 0 radical (unpaired) electrons. The van der Waals surface area contributed by atoms with E-state index < -0.39 is 0 Å². The third-order valence-corrected chi connectivity index (χ3v) is 3.92. The fourth-order valence-corrected chi connectivity index (χ4v) is 2.72. The van der Waals surface area contributed by atoms with E-state index in [0.29, 0.717) is 5.65 Å². The van der Waals surface area contributed by atoms with Gasteiger partial charge in [0.05, 0.1) is 6.04 Å². The average molecular weight is 324 g/mol. The van der Waals surface area contributed by atoms with Crippen LogP contribution in [-0.4, -0.2) is 20.1 Å². The Bertz CT molecular complexity index is 896. The summed E-state index contributed by atoms with van der Waals surface area (Å²) in [6.45, 7) is 4.00. The van der Waals surface area contributed by atoms with Gasteiger partial charge < -0.3 is 5.32 Å². The van der Waals surface area contributed by atoms with Crippen LogP contribution in [0.25, 0.3) is 5.65 Å². The first-order valence-corrected chi connectivity index (χ1v) is 7.95. The standard InChI is InChI=1S/C18H20N4O2/c1-13(2)17(14-8-4-3-5-9-14)19-16(23)12-22-18(24)21-11-7-6-10-15(21)20-22/h3-11,13,17H,12H2,1-2H3,(H,19,23). The van der Waals surface area contributed by atoms with E-state index in [-0.39, 0.29) is 30.1 Å². The summed E-state index contributed by atoms with van der Waals surface area (Å²) in [5.41, 5.74) is 1.25. The first-order chi connectivity index (χ1) is 11.6. The second-order valence-electron chi connectivity index (χ2n) is 6.07. The minimum Gasteiger partial charge on any atom is -0.347 e. The van der Waals surface area contributed by atoms with Crippen LogP contribution in [0, 0.1) is 5.92 Å². The van der Waals surface area contributed by atoms with Gasteiger partial charge >= 0.3 is 5.69 Å². The fourth-order valence-electron chi connectivity index (χ4n) is 2.72. The summed E-state index contributed by atoms with van der Waals surface area (Å²) in [4.78, 5) is 24.6. The van der Waals surface area contributed by atoms with E-state index in [2.05, 4.69) is 24.3 Å². The summed E-state index contributed by atoms with van der Waals surface area (Å²) in [6.07, 6.45) is 1.64. The Kier molecular flexibility index (Phi) is 4.46. The Morgan fingerprint density at radius 2 is 1.83 bits per heavy atom. The lowest BCUT2D eigenvalue weighted by molar-refractivity contribution is -0.123. The van der Waals surface area contributed by atoms with Gasteiger partial charge in [-0.2, -0.15) is 0 Å². The first kappa shape index (κ1) is 16.0. The van der Waals surface area contributed by atoms with E-state index >= 15 is 0 Å². The normalized spacial score (nSPS) is 12.5. The van der Waals surface area contributed by atoms with Crippen molar-refractivity contribution >= 4 is 11.6 Å². The molecule has 6 heteroatoms. The number of fused-ring (bicyclic) bond motifs is 1. The molecule has 1 unspecified atom stereocenters. The zero-order valence-electron chi connectivity index (χ0n) is 13.7. The van der Waals surface area contributed by atoms with Crippen LogP contribution >= 0.6 is 0 Å². The second-order valence-corrected chi connectivity index (χ2v) is 6.07. The summed E-state index contributed by atoms with van der Waals surface area (Å²) in [6, 6.07) is 15.0. The van der Waals surface area contributed by atoms with E-state index in [4.69, 9.17) is 0 Å². The number of pyridine rings is 1. The van der Waals surface area contributed by atoms with Crippen LogP contribution in [0.5, 0.6) is 0 Å². The SMILES string of the molecule is CC(C)C(NC(=O)Cn1nc2ccccn2c1=O)c1ccccc1. The molecule has 3 aromatic rings. The number of amides is 1. The molecule has 24 heavy (non-hydrogen) atoms. The monoisotopic (exact) mass is 324 g/mol. The predicted octanol–water partition coefficient (Wildman–Crippen LogP) is 2.01. The van der Waals surface area contributed by atoms with E-state index in [9.17, 15) is 9.59 Å². The van der Waals surface area contributed by atoms with Gasteiger partial charge in [-0.05, 0) is 23.6 Å². The molecular weight excluding hydrogens is 304 g/mol. The largest absolute Gasteiger partial charge is 0.350 e. The van der Waals surface area contributed by atoms with Crippen molar-refractivity contribution in [3.63, 3.8) is 0 Å². The number of carbonyl (C=O) groups excluding carboxylic acids is 1. The van der Waals surface area contributed by atoms with E-state index in [1.807, 2.05) is 30.3 Å². The van der Waals surface area contributed by atoms with Crippen molar-refractivity contribution in [2.75, 3.05) is 0 Å². The maximum absolute atomic E-state index is 12.4. The number of rotatable bonds is 5. The highest BCUT2D eigenvalue weighted by atomic mass is 16.2. The third-order valence-electron chi connectivity index (χ3n) is 3.92. The van der Waals surface area contributed by atoms with Gasteiger partial charge in [0.15, 0.2) is 5.65 Å². The number of benzene rings is 1. The highest BCUT2D eigenvalue weighted by Gasteiger charge is 2.19. The van der Waals surface area contributed by atoms with Gasteiger partial charge in [-0.1, -0.05) is 50.2 Å². The topological polar surface area (TPSA) is 68.4 Å². The Hall–Kier alpha value is -2.89. The lowest BCUT2D eigenvalue weighted by Gasteiger charge is -2.22. The van der Waals surface area contributed by atoms with Crippen molar-refractivity contribution in [2.45, 2.75) is 26.4 Å². The third kappa shape index (κ3) is 3.22. The van der Waals surface area contributed by atoms with Crippen molar-refractivity contribution in [3.05, 3.63) is 70.8 Å². The van der Waals surface area contributed by atoms with Crippen LogP contribution in [0.3, 0.4) is 0 Å². The first-order valence-electron chi connectivity index (χ1n) is 7.95. The minimum absolute atomic E-state index is 0.101. The van der Waals surface area contributed by atoms with E-state index in [1.165, 1.54) is 9.08 Å². The molecule has 0 saturated heterocycles. The van der Waals surface area contributed by atoms with Gasteiger partial charge in [0.25, 0.3) is 0 Å². The van der Waals surface area contributed by atoms with Gasteiger partial charge in [-0.15, -0.1) is 5.10 Å². The Morgan fingerprint density at radius 3 is 2.50 bits per heavy atom. The molecule has 1 N–H and O–H groups in total. The molecule has 0 fully saturated rings. The van der Waals surface area contributed by atoms with Crippen LogP contribution < -0.4 is 11.0 Å². The van der Waals surface area contributed by atoms with Gasteiger partial charge in [0.2, 0.25) is 5.91 Å². The zero-order valence-corrected chi connectivity index (χ0v) is 13.7. The Balaban J connectivity index is 1.78. The molecule has 1 aromatic carbocycles. The molecule has 0 aliphatic heterocycles. The predicted molar refractivity (Wildman–Crippen MR) is 91.6 cm³/mol. The zero-order chi connectivity index (χ0) is 17.1. The van der Waals surface area contributed by atoms with Gasteiger partial charge in [0.1, 0.15) is 6.54 Å². The minimum atomic E-state index is -0.318. The quantitative estimate of drug-likeness (QED) is 0.780. The molecule has 0 aliphatic carbocycles. The summed E-state index contributed by atoms with van der Waals surface area (Å²) >= 11 is 0. The van der Waals surface area contributed by atoms with Crippen LogP contribution in [-0.2, 0) is 11.3 Å². The number of aromatic nitrogens is 3. The molecule has 2 heterocycles.